The van der Waals surface area contributed by atoms with Crippen LogP contribution in [0.5, 0.6) is 0 Å². The summed E-state index contributed by atoms with van der Waals surface area (Å²) >= 11 is 0. The maximum Gasteiger partial charge on any atom is 0.191 e. The Morgan fingerprint density at radius 2 is 2.00 bits per heavy atom. The third kappa shape index (κ3) is 5.35. The Balaban J connectivity index is 1.70. The fraction of sp³-hybridized carbons (Fsp3) is 0.591. The Bertz CT molecular complexity index is 794. The van der Waals surface area contributed by atoms with Gasteiger partial charge in [0.25, 0.3) is 0 Å². The van der Waals surface area contributed by atoms with E-state index in [-0.39, 0.29) is 5.41 Å². The van der Waals surface area contributed by atoms with Crippen molar-refractivity contribution in [3.63, 3.8) is 0 Å². The van der Waals surface area contributed by atoms with E-state index in [1.807, 2.05) is 0 Å². The molecule has 1 saturated heterocycles. The van der Waals surface area contributed by atoms with Gasteiger partial charge in [0, 0.05) is 44.7 Å². The van der Waals surface area contributed by atoms with E-state index in [2.05, 4.69) is 70.4 Å². The van der Waals surface area contributed by atoms with Crippen LogP contribution in [0.1, 0.15) is 43.6 Å². The van der Waals surface area contributed by atoms with Crippen molar-refractivity contribution in [3.8, 4) is 0 Å². The molecule has 0 aliphatic carbocycles. The minimum absolute atomic E-state index is 0.0373. The van der Waals surface area contributed by atoms with E-state index in [4.69, 9.17) is 9.73 Å². The Morgan fingerprint density at radius 1 is 1.21 bits per heavy atom. The van der Waals surface area contributed by atoms with Crippen LogP contribution in [0.15, 0.2) is 35.6 Å². The minimum Gasteiger partial charge on any atom is -0.381 e. The van der Waals surface area contributed by atoms with Crippen LogP contribution in [0.2, 0.25) is 0 Å². The van der Waals surface area contributed by atoms with E-state index in [0.29, 0.717) is 0 Å². The second-order valence-electron chi connectivity index (χ2n) is 7.62. The molecule has 0 radical (unpaired) electrons. The maximum atomic E-state index is 5.67. The lowest BCUT2D eigenvalue weighted by atomic mass is 9.72. The molecule has 0 spiro atoms. The summed E-state index contributed by atoms with van der Waals surface area (Å²) in [5, 5.41) is 15.0. The van der Waals surface area contributed by atoms with Crippen molar-refractivity contribution < 1.29 is 4.74 Å². The summed E-state index contributed by atoms with van der Waals surface area (Å²) in [5.74, 6) is 1.87. The fourth-order valence-electron chi connectivity index (χ4n) is 4.05. The summed E-state index contributed by atoms with van der Waals surface area (Å²) in [4.78, 5) is 4.99. The van der Waals surface area contributed by atoms with Gasteiger partial charge in [-0.05, 0) is 37.8 Å². The maximum absolute atomic E-state index is 5.67. The Hall–Kier alpha value is -2.41. The van der Waals surface area contributed by atoms with Gasteiger partial charge in [0.15, 0.2) is 5.96 Å². The summed E-state index contributed by atoms with van der Waals surface area (Å²) in [6.45, 7) is 11.2. The Kier molecular flexibility index (Phi) is 7.63. The molecule has 1 aliphatic rings. The van der Waals surface area contributed by atoms with Crippen molar-refractivity contribution in [2.45, 2.75) is 52.0 Å². The van der Waals surface area contributed by atoms with Gasteiger partial charge in [-0.2, -0.15) is 0 Å². The number of ether oxygens (including phenoxy) is 1. The number of nitrogens with zero attached hydrogens (tertiary/aromatic N) is 4. The monoisotopic (exact) mass is 398 g/mol. The molecular formula is C22H34N6O. The van der Waals surface area contributed by atoms with Gasteiger partial charge in [0.1, 0.15) is 12.2 Å². The van der Waals surface area contributed by atoms with Gasteiger partial charge < -0.3 is 19.9 Å². The van der Waals surface area contributed by atoms with Crippen LogP contribution < -0.4 is 10.6 Å². The summed E-state index contributed by atoms with van der Waals surface area (Å²) in [7, 11) is 0. The molecule has 0 saturated carbocycles. The number of hydrogen-bond donors (Lipinski definition) is 2. The van der Waals surface area contributed by atoms with Crippen LogP contribution in [0, 0.1) is 6.92 Å². The van der Waals surface area contributed by atoms with Gasteiger partial charge in [-0.1, -0.05) is 31.2 Å². The van der Waals surface area contributed by atoms with E-state index < -0.39 is 0 Å². The van der Waals surface area contributed by atoms with Gasteiger partial charge in [-0.15, -0.1) is 10.2 Å². The highest BCUT2D eigenvalue weighted by molar-refractivity contribution is 5.79. The first-order chi connectivity index (χ1) is 14.2. The average Bonchev–Trinajstić information content (AvgIpc) is 3.20. The molecule has 0 atom stereocenters. The summed E-state index contributed by atoms with van der Waals surface area (Å²) in [6, 6.07) is 8.70. The molecule has 0 bridgehead atoms. The molecule has 2 N–H and O–H groups in total. The van der Waals surface area contributed by atoms with E-state index in [1.165, 1.54) is 11.1 Å². The predicted molar refractivity (Wildman–Crippen MR) is 116 cm³/mol. The van der Waals surface area contributed by atoms with Crippen LogP contribution in [0.25, 0.3) is 0 Å². The minimum atomic E-state index is 0.0373. The van der Waals surface area contributed by atoms with Crippen LogP contribution in [0.4, 0.5) is 0 Å². The molecule has 1 aromatic heterocycles. The van der Waals surface area contributed by atoms with E-state index in [9.17, 15) is 0 Å². The standard InChI is InChI=1S/C22H34N6O/c1-4-20-27-26-17-28(20)13-12-24-21(23-5-2)25-16-22(10-14-29-15-11-22)19-9-7-6-8-18(19)3/h6-9,17H,4-5,10-16H2,1-3H3,(H2,23,24,25). The van der Waals surface area contributed by atoms with Crippen molar-refractivity contribution in [1.29, 1.82) is 0 Å². The van der Waals surface area contributed by atoms with Crippen molar-refractivity contribution in [2.24, 2.45) is 4.99 Å². The van der Waals surface area contributed by atoms with Crippen LogP contribution >= 0.6 is 0 Å². The number of rotatable bonds is 8. The molecule has 0 unspecified atom stereocenters. The number of aromatic nitrogens is 3. The molecular weight excluding hydrogens is 364 g/mol. The number of benzene rings is 1. The van der Waals surface area contributed by atoms with Gasteiger partial charge >= 0.3 is 0 Å². The third-order valence-corrected chi connectivity index (χ3v) is 5.71. The lowest BCUT2D eigenvalue weighted by Gasteiger charge is -2.37. The van der Waals surface area contributed by atoms with Crippen LogP contribution in [-0.2, 0) is 23.1 Å². The number of nitrogens with one attached hydrogen (secondary N) is 2. The molecule has 7 nitrogen and oxygen atoms in total. The van der Waals surface area contributed by atoms with Crippen molar-refractivity contribution >= 4 is 5.96 Å². The lowest BCUT2D eigenvalue weighted by Crippen LogP contribution is -2.42. The highest BCUT2D eigenvalue weighted by atomic mass is 16.5. The first kappa shape index (κ1) is 21.3. The molecule has 1 aliphatic heterocycles. The SMILES string of the molecule is CCNC(=NCC1(c2ccccc2C)CCOCC1)NCCn1cnnc1CC. The summed E-state index contributed by atoms with van der Waals surface area (Å²) < 4.78 is 7.76. The largest absolute Gasteiger partial charge is 0.381 e. The van der Waals surface area contributed by atoms with Crippen LogP contribution in [-0.4, -0.2) is 53.6 Å². The first-order valence-corrected chi connectivity index (χ1v) is 10.7. The molecule has 7 heteroatoms. The Morgan fingerprint density at radius 3 is 2.72 bits per heavy atom. The van der Waals surface area contributed by atoms with Gasteiger partial charge in [0.05, 0.1) is 6.54 Å². The molecule has 0 amide bonds. The molecule has 2 aromatic rings. The zero-order valence-corrected chi connectivity index (χ0v) is 17.9. The second kappa shape index (κ2) is 10.4. The highest BCUT2D eigenvalue weighted by Crippen LogP contribution is 2.37. The molecule has 1 fully saturated rings. The third-order valence-electron chi connectivity index (χ3n) is 5.71. The number of aliphatic imine (C=N–C) groups is 1. The van der Waals surface area contributed by atoms with Gasteiger partial charge in [-0.25, -0.2) is 0 Å². The van der Waals surface area contributed by atoms with E-state index in [0.717, 1.165) is 70.4 Å². The van der Waals surface area contributed by atoms with Crippen molar-refractivity contribution in [1.82, 2.24) is 25.4 Å². The highest BCUT2D eigenvalue weighted by Gasteiger charge is 2.35. The molecule has 1 aromatic carbocycles. The topological polar surface area (TPSA) is 76.4 Å². The van der Waals surface area contributed by atoms with Crippen molar-refractivity contribution in [2.75, 3.05) is 32.8 Å². The molecule has 29 heavy (non-hydrogen) atoms. The quantitative estimate of drug-likeness (QED) is 0.528. The average molecular weight is 399 g/mol. The lowest BCUT2D eigenvalue weighted by molar-refractivity contribution is 0.0529. The van der Waals surface area contributed by atoms with Crippen molar-refractivity contribution in [3.05, 3.63) is 47.5 Å². The normalized spacial score (nSPS) is 16.6. The number of guanidine groups is 1. The first-order valence-electron chi connectivity index (χ1n) is 10.7. The fourth-order valence-corrected chi connectivity index (χ4v) is 4.05. The predicted octanol–water partition coefficient (Wildman–Crippen LogP) is 2.45. The Labute approximate surface area is 174 Å². The number of aryl methyl sites for hydroxylation is 2. The zero-order valence-electron chi connectivity index (χ0n) is 17.9. The molecule has 3 rings (SSSR count). The zero-order chi connectivity index (χ0) is 20.5. The smallest absolute Gasteiger partial charge is 0.191 e. The van der Waals surface area contributed by atoms with E-state index >= 15 is 0 Å². The van der Waals surface area contributed by atoms with Gasteiger partial charge in [-0.3, -0.25) is 4.99 Å². The summed E-state index contributed by atoms with van der Waals surface area (Å²) in [5.41, 5.74) is 2.78. The second-order valence-corrected chi connectivity index (χ2v) is 7.62. The van der Waals surface area contributed by atoms with Gasteiger partial charge in [0.2, 0.25) is 0 Å². The number of hydrogen-bond acceptors (Lipinski definition) is 4. The molecule has 158 valence electrons. The van der Waals surface area contributed by atoms with Crippen LogP contribution in [0.3, 0.4) is 0 Å². The summed E-state index contributed by atoms with van der Waals surface area (Å²) in [6.07, 6.45) is 4.68. The molecule has 2 heterocycles. The van der Waals surface area contributed by atoms with E-state index in [1.54, 1.807) is 6.33 Å².